The van der Waals surface area contributed by atoms with Gasteiger partial charge in [-0.1, -0.05) is 39.8 Å². The third-order valence-corrected chi connectivity index (χ3v) is 6.85. The van der Waals surface area contributed by atoms with E-state index in [1.807, 2.05) is 4.90 Å². The summed E-state index contributed by atoms with van der Waals surface area (Å²) in [5, 5.41) is 17.9. The van der Waals surface area contributed by atoms with Crippen LogP contribution in [0.15, 0.2) is 35.9 Å². The van der Waals surface area contributed by atoms with Crippen LogP contribution in [0.5, 0.6) is 0 Å². The fourth-order valence-corrected chi connectivity index (χ4v) is 5.43. The highest BCUT2D eigenvalue weighted by molar-refractivity contribution is 8.77. The Balaban J connectivity index is 1.97. The first-order valence-electron chi connectivity index (χ1n) is 8.02. The average Bonchev–Trinajstić information content (AvgIpc) is 2.58. The Morgan fingerprint density at radius 1 is 1.38 bits per heavy atom. The van der Waals surface area contributed by atoms with Crippen molar-refractivity contribution in [3.05, 3.63) is 47.3 Å². The standard InChI is InChI=1S/C17H21FN2O4S2/c18-13-4-2-1-3-11(13)8-20-6-5-15(12(9-20)7-16(21)22)26-25-10-14(19)17(23)24/h1-4,7,14-15H,5-6,8-10,19H2,(H,21,22)(H,23,24)/t14-,15?/m0/s1. The topological polar surface area (TPSA) is 104 Å². The summed E-state index contributed by atoms with van der Waals surface area (Å²) in [6, 6.07) is 5.60. The number of nitrogens with zero attached hydrogens (tertiary/aromatic N) is 1. The normalized spacial score (nSPS) is 20.8. The summed E-state index contributed by atoms with van der Waals surface area (Å²) < 4.78 is 13.8. The van der Waals surface area contributed by atoms with Crippen LogP contribution in [-0.2, 0) is 16.1 Å². The van der Waals surface area contributed by atoms with Gasteiger partial charge in [-0.25, -0.2) is 9.18 Å². The van der Waals surface area contributed by atoms with Crippen LogP contribution < -0.4 is 5.73 Å². The van der Waals surface area contributed by atoms with Crippen LogP contribution in [0.25, 0.3) is 0 Å². The molecule has 1 aromatic carbocycles. The van der Waals surface area contributed by atoms with Crippen molar-refractivity contribution in [2.75, 3.05) is 18.8 Å². The second-order valence-electron chi connectivity index (χ2n) is 5.96. The molecule has 1 saturated heterocycles. The molecule has 1 unspecified atom stereocenters. The third kappa shape index (κ3) is 6.31. The second kappa shape index (κ2) is 9.96. The van der Waals surface area contributed by atoms with Gasteiger partial charge in [-0.15, -0.1) is 0 Å². The maximum atomic E-state index is 13.8. The van der Waals surface area contributed by atoms with Gasteiger partial charge < -0.3 is 15.9 Å². The molecule has 0 saturated carbocycles. The van der Waals surface area contributed by atoms with Crippen LogP contribution in [0, 0.1) is 5.82 Å². The number of hydrogen-bond acceptors (Lipinski definition) is 6. The number of halogens is 1. The molecule has 1 aliphatic rings. The summed E-state index contributed by atoms with van der Waals surface area (Å²) in [6.45, 7) is 1.55. The zero-order valence-corrected chi connectivity index (χ0v) is 15.6. The molecule has 1 aliphatic heterocycles. The molecule has 0 amide bonds. The summed E-state index contributed by atoms with van der Waals surface area (Å²) in [4.78, 5) is 23.9. The number of carboxylic acid groups (broad SMARTS) is 2. The average molecular weight is 400 g/mol. The van der Waals surface area contributed by atoms with Crippen molar-refractivity contribution in [2.24, 2.45) is 5.73 Å². The van der Waals surface area contributed by atoms with Crippen LogP contribution in [0.1, 0.15) is 12.0 Å². The maximum Gasteiger partial charge on any atom is 0.328 e. The van der Waals surface area contributed by atoms with E-state index in [0.29, 0.717) is 31.6 Å². The highest BCUT2D eigenvalue weighted by Crippen LogP contribution is 2.36. The van der Waals surface area contributed by atoms with Crippen molar-refractivity contribution in [3.8, 4) is 0 Å². The zero-order chi connectivity index (χ0) is 19.1. The lowest BCUT2D eigenvalue weighted by atomic mass is 10.0. The first-order chi connectivity index (χ1) is 12.4. The molecule has 2 atom stereocenters. The predicted molar refractivity (Wildman–Crippen MR) is 101 cm³/mol. The monoisotopic (exact) mass is 400 g/mol. The van der Waals surface area contributed by atoms with E-state index in [1.165, 1.54) is 33.7 Å². The lowest BCUT2D eigenvalue weighted by Crippen LogP contribution is -2.37. The summed E-state index contributed by atoms with van der Waals surface area (Å²) in [5.74, 6) is -2.11. The van der Waals surface area contributed by atoms with Gasteiger partial charge in [0.05, 0.1) is 0 Å². The fraction of sp³-hybridized carbons (Fsp3) is 0.412. The molecule has 1 heterocycles. The second-order valence-corrected chi connectivity index (χ2v) is 8.58. The van der Waals surface area contributed by atoms with E-state index >= 15 is 0 Å². The highest BCUT2D eigenvalue weighted by atomic mass is 33.1. The zero-order valence-electron chi connectivity index (χ0n) is 14.0. The molecule has 0 radical (unpaired) electrons. The highest BCUT2D eigenvalue weighted by Gasteiger charge is 2.26. The minimum Gasteiger partial charge on any atom is -0.480 e. The van der Waals surface area contributed by atoms with E-state index in [1.54, 1.807) is 18.2 Å². The van der Waals surface area contributed by atoms with E-state index < -0.39 is 18.0 Å². The van der Waals surface area contributed by atoms with Crippen LogP contribution in [0.4, 0.5) is 4.39 Å². The molecule has 9 heteroatoms. The molecular formula is C17H21FN2O4S2. The minimum atomic E-state index is -1.06. The quantitative estimate of drug-likeness (QED) is 0.451. The largest absolute Gasteiger partial charge is 0.480 e. The van der Waals surface area contributed by atoms with Gasteiger partial charge in [0.15, 0.2) is 0 Å². The number of aliphatic carboxylic acids is 2. The molecule has 0 aliphatic carbocycles. The summed E-state index contributed by atoms with van der Waals surface area (Å²) in [5.41, 5.74) is 6.80. The van der Waals surface area contributed by atoms with Crippen LogP contribution >= 0.6 is 21.6 Å². The number of likely N-dealkylation sites (tertiary alicyclic amines) is 1. The first kappa shape index (κ1) is 20.8. The van der Waals surface area contributed by atoms with E-state index in [2.05, 4.69) is 0 Å². The number of piperidine rings is 1. The molecule has 6 nitrogen and oxygen atoms in total. The van der Waals surface area contributed by atoms with E-state index in [9.17, 15) is 14.0 Å². The van der Waals surface area contributed by atoms with Crippen molar-refractivity contribution in [1.29, 1.82) is 0 Å². The van der Waals surface area contributed by atoms with Crippen LogP contribution in [-0.4, -0.2) is 57.2 Å². The lowest BCUT2D eigenvalue weighted by molar-refractivity contribution is -0.138. The van der Waals surface area contributed by atoms with Crippen LogP contribution in [0.3, 0.4) is 0 Å². The number of rotatable bonds is 8. The Labute approximate surface area is 159 Å². The SMILES string of the molecule is N[C@@H](CSSC1CCN(Cc2ccccc2F)CC1=CC(=O)O)C(=O)O. The Morgan fingerprint density at radius 2 is 2.12 bits per heavy atom. The fourth-order valence-electron chi connectivity index (χ4n) is 2.60. The van der Waals surface area contributed by atoms with Crippen molar-refractivity contribution in [1.82, 2.24) is 4.90 Å². The Morgan fingerprint density at radius 3 is 2.77 bits per heavy atom. The third-order valence-electron chi connectivity index (χ3n) is 3.94. The summed E-state index contributed by atoms with van der Waals surface area (Å²) >= 11 is 0. The number of hydrogen-bond donors (Lipinski definition) is 3. The van der Waals surface area contributed by atoms with E-state index in [-0.39, 0.29) is 16.8 Å². The number of carbonyl (C=O) groups is 2. The van der Waals surface area contributed by atoms with Gasteiger partial charge in [0.25, 0.3) is 0 Å². The first-order valence-corrected chi connectivity index (χ1v) is 10.4. The smallest absolute Gasteiger partial charge is 0.328 e. The summed E-state index contributed by atoms with van der Waals surface area (Å²) in [7, 11) is 2.78. The lowest BCUT2D eigenvalue weighted by Gasteiger charge is -2.33. The number of carboxylic acids is 2. The van der Waals surface area contributed by atoms with Crippen molar-refractivity contribution in [3.63, 3.8) is 0 Å². The van der Waals surface area contributed by atoms with Crippen molar-refractivity contribution >= 4 is 33.5 Å². The molecule has 1 aromatic rings. The van der Waals surface area contributed by atoms with Crippen molar-refractivity contribution < 1.29 is 24.2 Å². The summed E-state index contributed by atoms with van der Waals surface area (Å²) in [6.07, 6.45) is 1.90. The van der Waals surface area contributed by atoms with E-state index in [4.69, 9.17) is 15.9 Å². The number of benzene rings is 1. The van der Waals surface area contributed by atoms with Gasteiger partial charge >= 0.3 is 11.9 Å². The van der Waals surface area contributed by atoms with Gasteiger partial charge in [0, 0.05) is 42.3 Å². The Bertz CT molecular complexity index is 686. The molecule has 26 heavy (non-hydrogen) atoms. The van der Waals surface area contributed by atoms with Gasteiger partial charge in [-0.3, -0.25) is 9.69 Å². The van der Waals surface area contributed by atoms with Crippen molar-refractivity contribution in [2.45, 2.75) is 24.3 Å². The predicted octanol–water partition coefficient (Wildman–Crippen LogP) is 2.20. The molecule has 0 spiro atoms. The van der Waals surface area contributed by atoms with E-state index in [0.717, 1.165) is 5.57 Å². The minimum absolute atomic E-state index is 0.0334. The molecule has 142 valence electrons. The van der Waals surface area contributed by atoms with Gasteiger partial charge in [-0.05, 0) is 18.1 Å². The van der Waals surface area contributed by atoms with Gasteiger partial charge in [-0.2, -0.15) is 0 Å². The van der Waals surface area contributed by atoms with Gasteiger partial charge in [0.2, 0.25) is 0 Å². The number of nitrogens with two attached hydrogens (primary N) is 1. The maximum absolute atomic E-state index is 13.8. The molecule has 1 fully saturated rings. The van der Waals surface area contributed by atoms with Crippen LogP contribution in [0.2, 0.25) is 0 Å². The molecular weight excluding hydrogens is 379 g/mol. The molecule has 2 rings (SSSR count). The molecule has 0 bridgehead atoms. The Kier molecular flexibility index (Phi) is 7.95. The molecule has 0 aromatic heterocycles. The van der Waals surface area contributed by atoms with Gasteiger partial charge in [0.1, 0.15) is 11.9 Å². The Hall–Kier alpha value is -1.55. The molecule has 4 N–H and O–H groups in total.